The SMILES string of the molecule is CC(C)[Si](C(C)C)(C(C)C)n1ccc2c(Cl)ccnc21.O=Cc1cnc2[nH]ccc2c1Cl. The van der Waals surface area contributed by atoms with Gasteiger partial charge in [0.2, 0.25) is 0 Å². The van der Waals surface area contributed by atoms with E-state index in [4.69, 9.17) is 23.2 Å². The monoisotopic (exact) mass is 488 g/mol. The minimum Gasteiger partial charge on any atom is -0.359 e. The molecular weight excluding hydrogens is 459 g/mol. The lowest BCUT2D eigenvalue weighted by molar-refractivity contribution is 0.112. The molecule has 4 aromatic heterocycles. The van der Waals surface area contributed by atoms with Crippen LogP contribution in [0.2, 0.25) is 26.7 Å². The van der Waals surface area contributed by atoms with Gasteiger partial charge in [-0.15, -0.1) is 0 Å². The summed E-state index contributed by atoms with van der Waals surface area (Å²) in [6, 6.07) is 5.79. The summed E-state index contributed by atoms with van der Waals surface area (Å²) in [6.07, 6.45) is 7.92. The van der Waals surface area contributed by atoms with E-state index in [1.54, 1.807) is 12.3 Å². The van der Waals surface area contributed by atoms with Crippen molar-refractivity contribution in [2.24, 2.45) is 0 Å². The van der Waals surface area contributed by atoms with Gasteiger partial charge in [0.05, 0.1) is 15.6 Å². The van der Waals surface area contributed by atoms with Gasteiger partial charge in [0, 0.05) is 29.4 Å². The van der Waals surface area contributed by atoms with Crippen LogP contribution in [0.4, 0.5) is 0 Å². The number of aromatic amines is 1. The summed E-state index contributed by atoms with van der Waals surface area (Å²) in [6.45, 7) is 14.2. The Morgan fingerprint density at radius 1 is 0.969 bits per heavy atom. The van der Waals surface area contributed by atoms with Gasteiger partial charge in [-0.25, -0.2) is 9.97 Å². The highest BCUT2D eigenvalue weighted by Gasteiger charge is 2.46. The lowest BCUT2D eigenvalue weighted by Crippen LogP contribution is -2.51. The van der Waals surface area contributed by atoms with Gasteiger partial charge in [-0.3, -0.25) is 4.79 Å². The normalized spacial score (nSPS) is 12.1. The van der Waals surface area contributed by atoms with E-state index in [-0.39, 0.29) is 0 Å². The van der Waals surface area contributed by atoms with Gasteiger partial charge < -0.3 is 9.22 Å². The van der Waals surface area contributed by atoms with Crippen LogP contribution in [0.25, 0.3) is 22.1 Å². The molecule has 4 heterocycles. The van der Waals surface area contributed by atoms with Crippen molar-refractivity contribution in [3.05, 3.63) is 58.6 Å². The first-order chi connectivity index (χ1) is 15.2. The molecule has 32 heavy (non-hydrogen) atoms. The molecular formula is C24H30Cl2N4OSi. The van der Waals surface area contributed by atoms with E-state index in [1.807, 2.05) is 12.3 Å². The maximum absolute atomic E-state index is 10.5. The molecule has 5 nitrogen and oxygen atoms in total. The number of halogens is 2. The number of aldehydes is 1. The number of H-pyrrole nitrogens is 1. The fourth-order valence-corrected chi connectivity index (χ4v) is 12.2. The van der Waals surface area contributed by atoms with Crippen LogP contribution in [0.3, 0.4) is 0 Å². The van der Waals surface area contributed by atoms with Gasteiger partial charge in [0.15, 0.2) is 14.5 Å². The van der Waals surface area contributed by atoms with E-state index < -0.39 is 8.24 Å². The van der Waals surface area contributed by atoms with Crippen molar-refractivity contribution in [1.29, 1.82) is 0 Å². The molecule has 0 saturated heterocycles. The third-order valence-corrected chi connectivity index (χ3v) is 13.9. The maximum atomic E-state index is 10.5. The fraction of sp³-hybridized carbons (Fsp3) is 0.375. The Labute approximate surface area is 200 Å². The van der Waals surface area contributed by atoms with Crippen molar-refractivity contribution in [3.8, 4) is 0 Å². The standard InChI is InChI=1S/C16H25ClN2Si.C8H5ClN2O/c1-11(2)20(12(3)4,13(5)6)19-10-8-14-15(17)7-9-18-16(14)19;9-7-5(4-12)3-11-8-6(7)1-2-10-8/h7-13H,1-6H3;1-4H,(H,10,11). The second-order valence-electron chi connectivity index (χ2n) is 8.95. The van der Waals surface area contributed by atoms with Crippen LogP contribution in [0.5, 0.6) is 0 Å². The Balaban J connectivity index is 0.000000204. The van der Waals surface area contributed by atoms with Crippen LogP contribution in [-0.2, 0) is 0 Å². The molecule has 8 heteroatoms. The summed E-state index contributed by atoms with van der Waals surface area (Å²) in [5.74, 6) is 0. The Bertz CT molecular complexity index is 1210. The zero-order valence-electron chi connectivity index (χ0n) is 19.4. The molecule has 0 atom stereocenters. The van der Waals surface area contributed by atoms with Gasteiger partial charge in [-0.2, -0.15) is 0 Å². The van der Waals surface area contributed by atoms with E-state index in [9.17, 15) is 4.79 Å². The predicted molar refractivity (Wildman–Crippen MR) is 138 cm³/mol. The van der Waals surface area contributed by atoms with Gasteiger partial charge in [-0.1, -0.05) is 64.7 Å². The van der Waals surface area contributed by atoms with Crippen molar-refractivity contribution < 1.29 is 4.79 Å². The number of rotatable bonds is 5. The quantitative estimate of drug-likeness (QED) is 0.230. The molecule has 0 amide bonds. The molecule has 0 aromatic carbocycles. The number of pyridine rings is 2. The molecule has 170 valence electrons. The Morgan fingerprint density at radius 3 is 2.22 bits per heavy atom. The van der Waals surface area contributed by atoms with Crippen molar-refractivity contribution in [2.45, 2.75) is 58.2 Å². The Hall–Kier alpha value is -2.15. The zero-order valence-corrected chi connectivity index (χ0v) is 21.9. The molecule has 1 N–H and O–H groups in total. The molecule has 0 aliphatic rings. The second kappa shape index (κ2) is 9.77. The fourth-order valence-electron chi connectivity index (χ4n) is 5.23. The minimum absolute atomic E-state index is 0.420. The molecule has 0 spiro atoms. The third-order valence-electron chi connectivity index (χ3n) is 6.40. The molecule has 0 bridgehead atoms. The maximum Gasteiger partial charge on any atom is 0.171 e. The van der Waals surface area contributed by atoms with E-state index in [0.717, 1.165) is 21.4 Å². The highest BCUT2D eigenvalue weighted by atomic mass is 35.5. The van der Waals surface area contributed by atoms with Gasteiger partial charge in [0.1, 0.15) is 11.3 Å². The van der Waals surface area contributed by atoms with Crippen molar-refractivity contribution >= 4 is 59.8 Å². The molecule has 0 fully saturated rings. The van der Waals surface area contributed by atoms with Crippen LogP contribution in [0.15, 0.2) is 43.0 Å². The lowest BCUT2D eigenvalue weighted by atomic mass is 10.2. The van der Waals surface area contributed by atoms with Gasteiger partial charge >= 0.3 is 0 Å². The number of hydrogen-bond acceptors (Lipinski definition) is 3. The van der Waals surface area contributed by atoms with E-state index in [0.29, 0.717) is 39.1 Å². The number of hydrogen-bond donors (Lipinski definition) is 1. The third kappa shape index (κ3) is 4.11. The van der Waals surface area contributed by atoms with E-state index in [1.165, 1.54) is 6.20 Å². The topological polar surface area (TPSA) is 63.6 Å². The largest absolute Gasteiger partial charge is 0.359 e. The van der Waals surface area contributed by atoms with Crippen LogP contribution in [0, 0.1) is 0 Å². The Morgan fingerprint density at radius 2 is 1.62 bits per heavy atom. The lowest BCUT2D eigenvalue weighted by Gasteiger charge is -2.44. The first-order valence-electron chi connectivity index (χ1n) is 10.8. The first-order valence-corrected chi connectivity index (χ1v) is 13.8. The highest BCUT2D eigenvalue weighted by Crippen LogP contribution is 2.44. The zero-order chi connectivity index (χ0) is 23.6. The highest BCUT2D eigenvalue weighted by molar-refractivity contribution is 6.82. The molecule has 0 aliphatic heterocycles. The van der Waals surface area contributed by atoms with Crippen molar-refractivity contribution in [1.82, 2.24) is 19.2 Å². The second-order valence-corrected chi connectivity index (χ2v) is 15.5. The molecule has 4 aromatic rings. The summed E-state index contributed by atoms with van der Waals surface area (Å²) in [5.41, 5.74) is 4.13. The number of carbonyl (C=O) groups is 1. The smallest absolute Gasteiger partial charge is 0.171 e. The van der Waals surface area contributed by atoms with Crippen molar-refractivity contribution in [3.63, 3.8) is 0 Å². The average Bonchev–Trinajstić information content (AvgIpc) is 3.37. The summed E-state index contributed by atoms with van der Waals surface area (Å²) in [7, 11) is -1.74. The van der Waals surface area contributed by atoms with Crippen LogP contribution < -0.4 is 0 Å². The van der Waals surface area contributed by atoms with Gasteiger partial charge in [0.25, 0.3) is 0 Å². The summed E-state index contributed by atoms with van der Waals surface area (Å²) >= 11 is 12.2. The van der Waals surface area contributed by atoms with Crippen molar-refractivity contribution in [2.75, 3.05) is 0 Å². The summed E-state index contributed by atoms with van der Waals surface area (Å²) in [4.78, 5) is 22.0. The predicted octanol–water partition coefficient (Wildman–Crippen LogP) is 7.74. The summed E-state index contributed by atoms with van der Waals surface area (Å²) in [5, 5.41) is 3.11. The number of aromatic nitrogens is 4. The molecule has 0 saturated carbocycles. The molecule has 0 aliphatic carbocycles. The molecule has 4 rings (SSSR count). The van der Waals surface area contributed by atoms with E-state index in [2.05, 4.69) is 73.0 Å². The van der Waals surface area contributed by atoms with Crippen LogP contribution in [-0.4, -0.2) is 33.7 Å². The van der Waals surface area contributed by atoms with Crippen LogP contribution in [0.1, 0.15) is 51.9 Å². The first kappa shape index (κ1) is 24.5. The molecule has 0 unspecified atom stereocenters. The van der Waals surface area contributed by atoms with E-state index >= 15 is 0 Å². The average molecular weight is 490 g/mol. The van der Waals surface area contributed by atoms with Gasteiger partial charge in [-0.05, 0) is 41.0 Å². The minimum atomic E-state index is -1.74. The number of carbonyl (C=O) groups excluding carboxylic acids is 1. The number of nitrogens with one attached hydrogen (secondary N) is 1. The number of fused-ring (bicyclic) bond motifs is 2. The van der Waals surface area contributed by atoms with Crippen LogP contribution >= 0.6 is 23.2 Å². The number of nitrogens with zero attached hydrogens (tertiary/aromatic N) is 3. The molecule has 0 radical (unpaired) electrons. The summed E-state index contributed by atoms with van der Waals surface area (Å²) < 4.78 is 2.49. The Kier molecular flexibility index (Phi) is 7.48.